The highest BCUT2D eigenvalue weighted by Crippen LogP contribution is 2.36. The van der Waals surface area contributed by atoms with Crippen LogP contribution in [0.4, 0.5) is 15.8 Å². The van der Waals surface area contributed by atoms with Crippen LogP contribution in [0, 0.1) is 25.6 Å². The first-order valence-corrected chi connectivity index (χ1v) is 12.2. The average Bonchev–Trinajstić information content (AvgIpc) is 2.76. The second-order valence-electron chi connectivity index (χ2n) is 8.49. The molecule has 2 heterocycles. The Kier molecular flexibility index (Phi) is 6.15. The first kappa shape index (κ1) is 23.2. The molecule has 0 radical (unpaired) electrons. The van der Waals surface area contributed by atoms with Gasteiger partial charge in [-0.1, -0.05) is 0 Å². The summed E-state index contributed by atoms with van der Waals surface area (Å²) in [7, 11) is -3.81. The highest BCUT2D eigenvalue weighted by Gasteiger charge is 2.34. The molecule has 1 saturated heterocycles. The topological polar surface area (TPSA) is 105 Å². The molecule has 2 aliphatic rings. The molecule has 2 amide bonds. The van der Waals surface area contributed by atoms with E-state index in [1.807, 2.05) is 0 Å². The van der Waals surface area contributed by atoms with Crippen molar-refractivity contribution >= 4 is 33.2 Å². The van der Waals surface area contributed by atoms with Crippen LogP contribution in [0.3, 0.4) is 0 Å². The van der Waals surface area contributed by atoms with Crippen molar-refractivity contribution in [3.63, 3.8) is 0 Å². The Balaban J connectivity index is 1.45. The van der Waals surface area contributed by atoms with Gasteiger partial charge in [0.2, 0.25) is 15.9 Å². The van der Waals surface area contributed by atoms with E-state index in [4.69, 9.17) is 4.74 Å². The molecule has 2 aliphatic heterocycles. The molecule has 0 saturated carbocycles. The molecule has 0 aliphatic carbocycles. The molecule has 0 aromatic heterocycles. The van der Waals surface area contributed by atoms with E-state index in [0.29, 0.717) is 41.1 Å². The van der Waals surface area contributed by atoms with Crippen LogP contribution >= 0.6 is 0 Å². The number of sulfonamides is 1. The van der Waals surface area contributed by atoms with Gasteiger partial charge in [0.15, 0.2) is 6.10 Å². The SMILES string of the molecule is Cc1cc(F)ccc1NC(=O)C1CCN(S(=O)(=O)c2cc3c(cc2C)NC(=O)[C@@H](C)O3)CC1. The van der Waals surface area contributed by atoms with Gasteiger partial charge in [0.25, 0.3) is 5.91 Å². The van der Waals surface area contributed by atoms with Gasteiger partial charge < -0.3 is 15.4 Å². The first-order chi connectivity index (χ1) is 15.6. The molecule has 2 aromatic rings. The second kappa shape index (κ2) is 8.75. The summed E-state index contributed by atoms with van der Waals surface area (Å²) < 4.78 is 46.9. The maximum Gasteiger partial charge on any atom is 0.265 e. The fourth-order valence-corrected chi connectivity index (χ4v) is 5.81. The van der Waals surface area contributed by atoms with Gasteiger partial charge in [-0.25, -0.2) is 12.8 Å². The van der Waals surface area contributed by atoms with Gasteiger partial charge in [-0.3, -0.25) is 9.59 Å². The normalized spacial score (nSPS) is 19.4. The van der Waals surface area contributed by atoms with Crippen LogP contribution in [-0.4, -0.2) is 43.7 Å². The highest BCUT2D eigenvalue weighted by atomic mass is 32.2. The lowest BCUT2D eigenvalue weighted by Crippen LogP contribution is -2.41. The van der Waals surface area contributed by atoms with Gasteiger partial charge >= 0.3 is 0 Å². The third-order valence-corrected chi connectivity index (χ3v) is 8.14. The predicted molar refractivity (Wildman–Crippen MR) is 121 cm³/mol. The van der Waals surface area contributed by atoms with Crippen molar-refractivity contribution in [1.29, 1.82) is 0 Å². The molecule has 0 bridgehead atoms. The molecule has 10 heteroatoms. The van der Waals surface area contributed by atoms with Crippen LogP contribution in [-0.2, 0) is 19.6 Å². The zero-order chi connectivity index (χ0) is 23.9. The quantitative estimate of drug-likeness (QED) is 0.707. The smallest absolute Gasteiger partial charge is 0.265 e. The number of carbonyl (C=O) groups is 2. The minimum absolute atomic E-state index is 0.120. The van der Waals surface area contributed by atoms with Crippen LogP contribution in [0.5, 0.6) is 5.75 Å². The molecule has 2 aromatic carbocycles. The number of hydrogen-bond acceptors (Lipinski definition) is 5. The van der Waals surface area contributed by atoms with E-state index in [0.717, 1.165) is 0 Å². The number of aryl methyl sites for hydroxylation is 2. The van der Waals surface area contributed by atoms with Gasteiger partial charge in [-0.15, -0.1) is 0 Å². The van der Waals surface area contributed by atoms with E-state index < -0.39 is 16.1 Å². The summed E-state index contributed by atoms with van der Waals surface area (Å²) in [6.45, 7) is 5.38. The molecule has 0 unspecified atom stereocenters. The second-order valence-corrected chi connectivity index (χ2v) is 10.4. The third-order valence-electron chi connectivity index (χ3n) is 6.10. The molecule has 0 spiro atoms. The summed E-state index contributed by atoms with van der Waals surface area (Å²) in [5.41, 5.74) is 2.11. The summed E-state index contributed by atoms with van der Waals surface area (Å²) >= 11 is 0. The fraction of sp³-hybridized carbons (Fsp3) is 0.391. The largest absolute Gasteiger partial charge is 0.479 e. The number of rotatable bonds is 4. The summed E-state index contributed by atoms with van der Waals surface area (Å²) in [4.78, 5) is 24.6. The van der Waals surface area contributed by atoms with Gasteiger partial charge in [0.1, 0.15) is 11.6 Å². The Morgan fingerprint density at radius 3 is 2.52 bits per heavy atom. The minimum atomic E-state index is -3.81. The van der Waals surface area contributed by atoms with Gasteiger partial charge in [-0.05, 0) is 69.0 Å². The summed E-state index contributed by atoms with van der Waals surface area (Å²) in [6, 6.07) is 7.20. The molecule has 1 fully saturated rings. The molecule has 2 N–H and O–H groups in total. The molecule has 33 heavy (non-hydrogen) atoms. The van der Waals surface area contributed by atoms with E-state index in [9.17, 15) is 22.4 Å². The minimum Gasteiger partial charge on any atom is -0.479 e. The van der Waals surface area contributed by atoms with Gasteiger partial charge in [0, 0.05) is 30.8 Å². The van der Waals surface area contributed by atoms with E-state index in [1.165, 1.54) is 28.6 Å². The fourth-order valence-electron chi connectivity index (χ4n) is 4.12. The predicted octanol–water partition coefficient (Wildman–Crippen LogP) is 3.20. The summed E-state index contributed by atoms with van der Waals surface area (Å²) in [6.07, 6.45) is 0.0346. The first-order valence-electron chi connectivity index (χ1n) is 10.8. The van der Waals surface area contributed by atoms with Crippen LogP contribution in [0.15, 0.2) is 35.2 Å². The number of hydrogen-bond donors (Lipinski definition) is 2. The van der Waals surface area contributed by atoms with Crippen molar-refractivity contribution < 1.29 is 27.1 Å². The van der Waals surface area contributed by atoms with Crippen LogP contribution in [0.1, 0.15) is 30.9 Å². The molecule has 1 atom stereocenters. The van der Waals surface area contributed by atoms with Crippen molar-refractivity contribution in [2.24, 2.45) is 5.92 Å². The van der Waals surface area contributed by atoms with Crippen molar-refractivity contribution in [3.8, 4) is 5.75 Å². The Morgan fingerprint density at radius 1 is 1.15 bits per heavy atom. The lowest BCUT2D eigenvalue weighted by Gasteiger charge is -2.31. The van der Waals surface area contributed by atoms with E-state index in [1.54, 1.807) is 26.8 Å². The van der Waals surface area contributed by atoms with Crippen LogP contribution in [0.2, 0.25) is 0 Å². The van der Waals surface area contributed by atoms with Crippen LogP contribution < -0.4 is 15.4 Å². The summed E-state index contributed by atoms with van der Waals surface area (Å²) in [5.74, 6) is -0.887. The number of benzene rings is 2. The maximum atomic E-state index is 13.3. The lowest BCUT2D eigenvalue weighted by molar-refractivity contribution is -0.123. The Labute approximate surface area is 192 Å². The Morgan fingerprint density at radius 2 is 1.85 bits per heavy atom. The zero-order valence-corrected chi connectivity index (χ0v) is 19.5. The molecule has 176 valence electrons. The lowest BCUT2D eigenvalue weighted by atomic mass is 9.97. The monoisotopic (exact) mass is 475 g/mol. The number of nitrogens with one attached hydrogen (secondary N) is 2. The van der Waals surface area contributed by atoms with Crippen molar-refractivity contribution in [2.45, 2.75) is 44.6 Å². The number of ether oxygens (including phenoxy) is 1. The summed E-state index contributed by atoms with van der Waals surface area (Å²) in [5, 5.41) is 5.54. The number of nitrogens with zero attached hydrogens (tertiary/aromatic N) is 1. The molecular formula is C23H26FN3O5S. The number of amides is 2. The maximum absolute atomic E-state index is 13.3. The van der Waals surface area contributed by atoms with Crippen molar-refractivity contribution in [2.75, 3.05) is 23.7 Å². The number of piperidine rings is 1. The number of halogens is 1. The molecule has 8 nitrogen and oxygen atoms in total. The number of fused-ring (bicyclic) bond motifs is 1. The molecule has 4 rings (SSSR count). The van der Waals surface area contributed by atoms with Crippen LogP contribution in [0.25, 0.3) is 0 Å². The van der Waals surface area contributed by atoms with E-state index >= 15 is 0 Å². The third kappa shape index (κ3) is 4.58. The van der Waals surface area contributed by atoms with E-state index in [-0.39, 0.29) is 41.5 Å². The van der Waals surface area contributed by atoms with Crippen molar-refractivity contribution in [1.82, 2.24) is 4.31 Å². The van der Waals surface area contributed by atoms with Gasteiger partial charge in [-0.2, -0.15) is 4.31 Å². The van der Waals surface area contributed by atoms with Crippen molar-refractivity contribution in [3.05, 3.63) is 47.3 Å². The van der Waals surface area contributed by atoms with Gasteiger partial charge in [0.05, 0.1) is 10.6 Å². The standard InChI is InChI=1S/C23H26FN3O5S/c1-13-10-17(24)4-5-18(13)25-23(29)16-6-8-27(9-7-16)33(30,31)21-12-20-19(11-14(21)2)26-22(28)15(3)32-20/h4-5,10-12,15-16H,6-9H2,1-3H3,(H,25,29)(H,26,28)/t15-/m1/s1. The number of anilines is 2. The highest BCUT2D eigenvalue weighted by molar-refractivity contribution is 7.89. The van der Waals surface area contributed by atoms with E-state index in [2.05, 4.69) is 10.6 Å². The Hall–Kier alpha value is -2.98. The Bertz CT molecular complexity index is 1220. The zero-order valence-electron chi connectivity index (χ0n) is 18.6. The molecular weight excluding hydrogens is 449 g/mol. The average molecular weight is 476 g/mol. The number of carbonyl (C=O) groups excluding carboxylic acids is 2.